The summed E-state index contributed by atoms with van der Waals surface area (Å²) in [5.74, 6) is -36.3. The molecule has 0 amide bonds. The third-order valence-corrected chi connectivity index (χ3v) is 8.29. The van der Waals surface area contributed by atoms with Crippen LogP contribution in [0.5, 0.6) is 0 Å². The molecule has 0 radical (unpaired) electrons. The molecule has 6 aromatic rings. The molecule has 6 rings (SSSR count). The first-order chi connectivity index (χ1) is 28.0. The van der Waals surface area contributed by atoms with Gasteiger partial charge in [-0.05, 0) is 32.4 Å². The summed E-state index contributed by atoms with van der Waals surface area (Å²) in [6, 6.07) is 16.8. The number of aryl methyl sites for hydroxylation is 3. The number of halogens is 15. The smallest absolute Gasteiger partial charge is 0.200 e. The molecule has 0 saturated heterocycles. The van der Waals surface area contributed by atoms with Crippen LogP contribution >= 0.6 is 0 Å². The molecule has 0 unspecified atom stereocenters. The standard InChI is InChI=1S/3C14H7F5O/c1-6-2-4-7(5-3-6)14(20)8-9(15)11(17)13(19)12(18)10(8)16;1-6-3-2-4-7(5-6)14(20)8-9(15)11(17)13(19)12(18)10(8)16;1-6-4-2-3-5-7(6)14(20)8-9(15)11(17)13(19)12(18)10(8)16/h3*2-5H,1H3. The van der Waals surface area contributed by atoms with E-state index < -0.39 is 121 Å². The Balaban J connectivity index is 0.000000198. The van der Waals surface area contributed by atoms with Gasteiger partial charge in [-0.25, -0.2) is 65.9 Å². The van der Waals surface area contributed by atoms with Gasteiger partial charge in [0.2, 0.25) is 17.5 Å². The second-order valence-electron chi connectivity index (χ2n) is 12.4. The molecular weight excluding hydrogens is 837 g/mol. The summed E-state index contributed by atoms with van der Waals surface area (Å²) in [6.07, 6.45) is 0. The van der Waals surface area contributed by atoms with E-state index >= 15 is 0 Å². The van der Waals surface area contributed by atoms with Crippen molar-refractivity contribution in [3.63, 3.8) is 0 Å². The first kappa shape index (κ1) is 46.0. The molecule has 0 aliphatic heterocycles. The van der Waals surface area contributed by atoms with Crippen LogP contribution in [0.3, 0.4) is 0 Å². The molecule has 60 heavy (non-hydrogen) atoms. The first-order valence-electron chi connectivity index (χ1n) is 16.4. The highest BCUT2D eigenvalue weighted by Gasteiger charge is 2.33. The van der Waals surface area contributed by atoms with Gasteiger partial charge in [-0.3, -0.25) is 14.4 Å². The maximum atomic E-state index is 13.5. The first-order valence-corrected chi connectivity index (χ1v) is 16.4. The lowest BCUT2D eigenvalue weighted by atomic mass is 9.98. The van der Waals surface area contributed by atoms with Crippen LogP contribution in [0.2, 0.25) is 0 Å². The van der Waals surface area contributed by atoms with E-state index in [0.717, 1.165) is 5.56 Å². The molecule has 0 saturated carbocycles. The Kier molecular flexibility index (Phi) is 14.2. The number of carbonyl (C=O) groups excluding carboxylic acids is 3. The lowest BCUT2D eigenvalue weighted by molar-refractivity contribution is 0.101. The third kappa shape index (κ3) is 8.96. The lowest BCUT2D eigenvalue weighted by Gasteiger charge is -2.09. The van der Waals surface area contributed by atoms with Gasteiger partial charge in [0.15, 0.2) is 87.2 Å². The number of hydrogen-bond donors (Lipinski definition) is 0. The summed E-state index contributed by atoms with van der Waals surface area (Å²) in [5.41, 5.74) is -3.06. The van der Waals surface area contributed by atoms with E-state index in [-0.39, 0.29) is 16.7 Å². The second kappa shape index (κ2) is 18.5. The minimum absolute atomic E-state index is 0.129. The van der Waals surface area contributed by atoms with E-state index in [2.05, 4.69) is 0 Å². The number of benzene rings is 6. The van der Waals surface area contributed by atoms with E-state index in [9.17, 15) is 80.2 Å². The van der Waals surface area contributed by atoms with Crippen LogP contribution in [0, 0.1) is 108 Å². The molecular formula is C42H21F15O3. The highest BCUT2D eigenvalue weighted by atomic mass is 19.2. The van der Waals surface area contributed by atoms with E-state index in [1.807, 2.05) is 0 Å². The van der Waals surface area contributed by atoms with Gasteiger partial charge in [-0.2, -0.15) is 0 Å². The van der Waals surface area contributed by atoms with Crippen molar-refractivity contribution in [2.75, 3.05) is 0 Å². The fourth-order valence-electron chi connectivity index (χ4n) is 5.16. The van der Waals surface area contributed by atoms with Crippen LogP contribution in [0.4, 0.5) is 65.9 Å². The Hall–Kier alpha value is -6.72. The molecule has 3 nitrogen and oxygen atoms in total. The SMILES string of the molecule is Cc1ccc(C(=O)c2c(F)c(F)c(F)c(F)c2F)cc1.Cc1cccc(C(=O)c2c(F)c(F)c(F)c(F)c2F)c1.Cc1ccccc1C(=O)c1c(F)c(F)c(F)c(F)c1F. The number of ketones is 3. The third-order valence-electron chi connectivity index (χ3n) is 8.29. The molecule has 0 aromatic heterocycles. The van der Waals surface area contributed by atoms with Crippen molar-refractivity contribution in [2.45, 2.75) is 20.8 Å². The van der Waals surface area contributed by atoms with E-state index in [1.165, 1.54) is 67.6 Å². The number of hydrogen-bond acceptors (Lipinski definition) is 3. The highest BCUT2D eigenvalue weighted by molar-refractivity contribution is 6.11. The van der Waals surface area contributed by atoms with Crippen molar-refractivity contribution in [3.8, 4) is 0 Å². The molecule has 0 heterocycles. The van der Waals surface area contributed by atoms with Gasteiger partial charge in [0, 0.05) is 16.7 Å². The van der Waals surface area contributed by atoms with Crippen LogP contribution < -0.4 is 0 Å². The van der Waals surface area contributed by atoms with Crippen molar-refractivity contribution >= 4 is 17.3 Å². The molecule has 6 aromatic carbocycles. The van der Waals surface area contributed by atoms with Crippen molar-refractivity contribution in [1.29, 1.82) is 0 Å². The zero-order chi connectivity index (χ0) is 45.1. The fraction of sp³-hybridized carbons (Fsp3) is 0.0714. The lowest BCUT2D eigenvalue weighted by Crippen LogP contribution is -2.14. The van der Waals surface area contributed by atoms with Crippen LogP contribution in [-0.2, 0) is 0 Å². The summed E-state index contributed by atoms with van der Waals surface area (Å²) in [5, 5.41) is 0. The predicted molar refractivity (Wildman–Crippen MR) is 183 cm³/mol. The van der Waals surface area contributed by atoms with Crippen molar-refractivity contribution < 1.29 is 80.2 Å². The quantitative estimate of drug-likeness (QED) is 0.0726. The second-order valence-corrected chi connectivity index (χ2v) is 12.4. The minimum atomic E-state index is -2.29. The van der Waals surface area contributed by atoms with E-state index in [0.29, 0.717) is 11.1 Å². The highest BCUT2D eigenvalue weighted by Crippen LogP contribution is 2.28. The van der Waals surface area contributed by atoms with Gasteiger partial charge >= 0.3 is 0 Å². The zero-order valence-electron chi connectivity index (χ0n) is 30.3. The van der Waals surface area contributed by atoms with Gasteiger partial charge in [0.25, 0.3) is 0 Å². The minimum Gasteiger partial charge on any atom is -0.288 e. The Morgan fingerprint density at radius 3 is 1.02 bits per heavy atom. The zero-order valence-corrected chi connectivity index (χ0v) is 30.3. The largest absolute Gasteiger partial charge is 0.288 e. The molecule has 18 heteroatoms. The van der Waals surface area contributed by atoms with Crippen molar-refractivity contribution in [3.05, 3.63) is 210 Å². The number of carbonyl (C=O) groups is 3. The molecule has 0 bridgehead atoms. The molecule has 0 fully saturated rings. The summed E-state index contributed by atoms with van der Waals surface area (Å²) in [6.45, 7) is 4.82. The summed E-state index contributed by atoms with van der Waals surface area (Å²) in [7, 11) is 0. The van der Waals surface area contributed by atoms with Crippen LogP contribution in [0.25, 0.3) is 0 Å². The van der Waals surface area contributed by atoms with E-state index in [1.54, 1.807) is 26.0 Å². The molecule has 0 N–H and O–H groups in total. The van der Waals surface area contributed by atoms with Gasteiger partial charge in [-0.1, -0.05) is 77.9 Å². The molecule has 0 aliphatic carbocycles. The average Bonchev–Trinajstić information content (AvgIpc) is 3.23. The Morgan fingerprint density at radius 1 is 0.317 bits per heavy atom. The summed E-state index contributed by atoms with van der Waals surface area (Å²) in [4.78, 5) is 35.8. The molecule has 0 spiro atoms. The van der Waals surface area contributed by atoms with Crippen molar-refractivity contribution in [1.82, 2.24) is 0 Å². The fourth-order valence-corrected chi connectivity index (χ4v) is 5.16. The van der Waals surface area contributed by atoms with Crippen LogP contribution in [0.15, 0.2) is 72.8 Å². The Morgan fingerprint density at radius 2 is 0.650 bits per heavy atom. The molecule has 0 atom stereocenters. The predicted octanol–water partition coefficient (Wildman–Crippen LogP) is 11.8. The van der Waals surface area contributed by atoms with Crippen LogP contribution in [-0.4, -0.2) is 17.3 Å². The number of rotatable bonds is 6. The van der Waals surface area contributed by atoms with Gasteiger partial charge in [0.1, 0.15) is 16.7 Å². The van der Waals surface area contributed by atoms with Gasteiger partial charge in [-0.15, -0.1) is 0 Å². The summed E-state index contributed by atoms with van der Waals surface area (Å²) < 4.78 is 198. The maximum absolute atomic E-state index is 13.5. The van der Waals surface area contributed by atoms with Gasteiger partial charge < -0.3 is 0 Å². The normalized spacial score (nSPS) is 10.7. The van der Waals surface area contributed by atoms with Crippen molar-refractivity contribution in [2.24, 2.45) is 0 Å². The van der Waals surface area contributed by atoms with Crippen LogP contribution in [0.1, 0.15) is 64.5 Å². The van der Waals surface area contributed by atoms with E-state index in [4.69, 9.17) is 0 Å². The maximum Gasteiger partial charge on any atom is 0.200 e. The summed E-state index contributed by atoms with van der Waals surface area (Å²) >= 11 is 0. The van der Waals surface area contributed by atoms with Gasteiger partial charge in [0.05, 0.1) is 0 Å². The monoisotopic (exact) mass is 858 g/mol. The molecule has 0 aliphatic rings. The Bertz CT molecular complexity index is 2610. The molecule has 312 valence electrons. The Labute approximate surface area is 328 Å². The topological polar surface area (TPSA) is 51.2 Å². The average molecular weight is 859 g/mol.